The minimum atomic E-state index is 0.304. The zero-order valence-corrected chi connectivity index (χ0v) is 14.4. The predicted octanol–water partition coefficient (Wildman–Crippen LogP) is 1.59. The molecule has 1 aliphatic heterocycles. The molecular formula is C18H18N8. The van der Waals surface area contributed by atoms with Crippen LogP contribution in [0.4, 0.5) is 11.6 Å². The summed E-state index contributed by atoms with van der Waals surface area (Å²) in [5, 5.41) is 22.5. The third kappa shape index (κ3) is 2.36. The van der Waals surface area contributed by atoms with Crippen LogP contribution in [0.15, 0.2) is 30.5 Å². The van der Waals surface area contributed by atoms with Gasteiger partial charge >= 0.3 is 0 Å². The Morgan fingerprint density at radius 3 is 2.81 bits per heavy atom. The van der Waals surface area contributed by atoms with Crippen LogP contribution in [0.1, 0.15) is 30.1 Å². The Hall–Kier alpha value is -3.21. The molecule has 0 unspecified atom stereocenters. The van der Waals surface area contributed by atoms with E-state index in [9.17, 15) is 5.26 Å². The summed E-state index contributed by atoms with van der Waals surface area (Å²) in [6, 6.07) is 10.1. The summed E-state index contributed by atoms with van der Waals surface area (Å²) in [4.78, 5) is 8.68. The van der Waals surface area contributed by atoms with E-state index in [1.165, 1.54) is 12.8 Å². The lowest BCUT2D eigenvalue weighted by Crippen LogP contribution is -2.59. The second kappa shape index (κ2) is 5.66. The first-order valence-electron chi connectivity index (χ1n) is 8.80. The highest BCUT2D eigenvalue weighted by molar-refractivity contribution is 5.56. The number of fused-ring (bicyclic) bond motifs is 1. The first-order chi connectivity index (χ1) is 12.7. The molecule has 3 aromatic heterocycles. The van der Waals surface area contributed by atoms with Crippen LogP contribution >= 0.6 is 0 Å². The summed E-state index contributed by atoms with van der Waals surface area (Å²) in [7, 11) is 1.99. The largest absolute Gasteiger partial charge is 0.352 e. The van der Waals surface area contributed by atoms with E-state index >= 15 is 0 Å². The molecular weight excluding hydrogens is 328 g/mol. The quantitative estimate of drug-likeness (QED) is 0.709. The van der Waals surface area contributed by atoms with Crippen LogP contribution in [0.5, 0.6) is 0 Å². The van der Waals surface area contributed by atoms with Crippen molar-refractivity contribution in [1.29, 1.82) is 5.26 Å². The smallest absolute Gasteiger partial charge is 0.178 e. The van der Waals surface area contributed by atoms with Gasteiger partial charge in [-0.05, 0) is 37.1 Å². The first kappa shape index (κ1) is 15.1. The van der Waals surface area contributed by atoms with Crippen LogP contribution in [-0.4, -0.2) is 51.0 Å². The topological polar surface area (TPSA) is 86.2 Å². The average molecular weight is 346 g/mol. The third-order valence-electron chi connectivity index (χ3n) is 5.19. The lowest BCUT2D eigenvalue weighted by molar-refractivity contribution is 0.486. The molecule has 0 atom stereocenters. The molecule has 26 heavy (non-hydrogen) atoms. The van der Waals surface area contributed by atoms with E-state index < -0.39 is 0 Å². The zero-order valence-electron chi connectivity index (χ0n) is 14.4. The number of hydrogen-bond acceptors (Lipinski definition) is 7. The fourth-order valence-electron chi connectivity index (χ4n) is 3.39. The van der Waals surface area contributed by atoms with E-state index in [1.54, 1.807) is 18.3 Å². The lowest BCUT2D eigenvalue weighted by atomic mass is 10.1. The highest BCUT2D eigenvalue weighted by Gasteiger charge is 2.34. The normalized spacial score (nSPS) is 17.2. The molecule has 130 valence electrons. The number of likely N-dealkylation sites (N-methyl/N-ethyl adjacent to an activating group) is 1. The molecule has 1 saturated heterocycles. The van der Waals surface area contributed by atoms with Gasteiger partial charge in [-0.15, -0.1) is 15.3 Å². The van der Waals surface area contributed by atoms with Crippen molar-refractivity contribution in [2.45, 2.75) is 24.8 Å². The van der Waals surface area contributed by atoms with Crippen molar-refractivity contribution in [2.75, 3.05) is 29.9 Å². The highest BCUT2D eigenvalue weighted by atomic mass is 15.4. The van der Waals surface area contributed by atoms with Crippen LogP contribution < -0.4 is 9.80 Å². The van der Waals surface area contributed by atoms with Gasteiger partial charge in [-0.1, -0.05) is 0 Å². The molecule has 2 fully saturated rings. The fourth-order valence-corrected chi connectivity index (χ4v) is 3.39. The molecule has 0 radical (unpaired) electrons. The molecule has 0 spiro atoms. The third-order valence-corrected chi connectivity index (χ3v) is 5.19. The molecule has 8 heteroatoms. The van der Waals surface area contributed by atoms with Crippen LogP contribution in [-0.2, 0) is 0 Å². The van der Waals surface area contributed by atoms with E-state index in [2.05, 4.69) is 31.1 Å². The number of rotatable bonds is 4. The van der Waals surface area contributed by atoms with E-state index in [0.29, 0.717) is 17.5 Å². The van der Waals surface area contributed by atoms with Gasteiger partial charge in [0.05, 0.1) is 11.6 Å². The van der Waals surface area contributed by atoms with Crippen molar-refractivity contribution < 1.29 is 0 Å². The predicted molar refractivity (Wildman–Crippen MR) is 96.1 cm³/mol. The molecule has 0 N–H and O–H groups in total. The Labute approximate surface area is 150 Å². The Bertz CT molecular complexity index is 1010. The lowest BCUT2D eigenvalue weighted by Gasteiger charge is -2.45. The van der Waals surface area contributed by atoms with Gasteiger partial charge in [0.15, 0.2) is 11.5 Å². The van der Waals surface area contributed by atoms with Crippen LogP contribution in [0, 0.1) is 11.3 Å². The van der Waals surface area contributed by atoms with Crippen LogP contribution in [0.25, 0.3) is 5.65 Å². The average Bonchev–Trinajstić information content (AvgIpc) is 3.39. The summed E-state index contributed by atoms with van der Waals surface area (Å²) in [6.07, 6.45) is 4.08. The van der Waals surface area contributed by atoms with Gasteiger partial charge in [0.1, 0.15) is 17.7 Å². The summed E-state index contributed by atoms with van der Waals surface area (Å²) >= 11 is 0. The molecule has 4 heterocycles. The number of hydrogen-bond donors (Lipinski definition) is 0. The van der Waals surface area contributed by atoms with Crippen molar-refractivity contribution >= 4 is 17.3 Å². The molecule has 0 bridgehead atoms. The summed E-state index contributed by atoms with van der Waals surface area (Å²) in [5.74, 6) is 3.16. The standard InChI is InChI=1S/C18H18N8/c1-24(17-13(9-19)3-2-8-20-17)14-10-25(11-14)16-7-6-15-21-22-18(12-4-5-12)26(15)23-16/h2-3,6-8,12,14H,4-5,10-11H2,1H3. The van der Waals surface area contributed by atoms with Gasteiger partial charge < -0.3 is 9.80 Å². The Morgan fingerprint density at radius 2 is 2.04 bits per heavy atom. The molecule has 8 nitrogen and oxygen atoms in total. The van der Waals surface area contributed by atoms with Crippen molar-refractivity contribution in [3.8, 4) is 6.07 Å². The molecule has 0 amide bonds. The number of anilines is 2. The van der Waals surface area contributed by atoms with E-state index in [-0.39, 0.29) is 0 Å². The van der Waals surface area contributed by atoms with Gasteiger partial charge in [-0.25, -0.2) is 4.98 Å². The molecule has 1 aliphatic carbocycles. The Kier molecular flexibility index (Phi) is 3.28. The number of nitriles is 1. The fraction of sp³-hybridized carbons (Fsp3) is 0.389. The molecule has 2 aliphatic rings. The molecule has 1 saturated carbocycles. The maximum atomic E-state index is 9.27. The monoisotopic (exact) mass is 346 g/mol. The SMILES string of the molecule is CN(c1ncccc1C#N)C1CN(c2ccc3nnc(C4CC4)n3n2)C1. The van der Waals surface area contributed by atoms with Crippen molar-refractivity contribution in [1.82, 2.24) is 24.8 Å². The van der Waals surface area contributed by atoms with Gasteiger partial charge in [0.2, 0.25) is 0 Å². The van der Waals surface area contributed by atoms with Gasteiger partial charge in [-0.3, -0.25) is 0 Å². The van der Waals surface area contributed by atoms with Crippen molar-refractivity contribution in [2.24, 2.45) is 0 Å². The van der Waals surface area contributed by atoms with Gasteiger partial charge in [0.25, 0.3) is 0 Å². The summed E-state index contributed by atoms with van der Waals surface area (Å²) < 4.78 is 1.89. The van der Waals surface area contributed by atoms with E-state index in [1.807, 2.05) is 23.7 Å². The molecule has 3 aromatic rings. The Morgan fingerprint density at radius 1 is 1.19 bits per heavy atom. The number of pyridine rings is 1. The highest BCUT2D eigenvalue weighted by Crippen LogP contribution is 2.39. The van der Waals surface area contributed by atoms with Gasteiger partial charge in [-0.2, -0.15) is 9.78 Å². The maximum Gasteiger partial charge on any atom is 0.178 e. The Balaban J connectivity index is 1.34. The zero-order chi connectivity index (χ0) is 17.7. The second-order valence-corrected chi connectivity index (χ2v) is 6.95. The second-order valence-electron chi connectivity index (χ2n) is 6.95. The van der Waals surface area contributed by atoms with Crippen LogP contribution in [0.2, 0.25) is 0 Å². The van der Waals surface area contributed by atoms with Crippen LogP contribution in [0.3, 0.4) is 0 Å². The number of aromatic nitrogens is 5. The number of nitrogens with zero attached hydrogens (tertiary/aromatic N) is 8. The molecule has 5 rings (SSSR count). The van der Waals surface area contributed by atoms with E-state index in [0.717, 1.165) is 36.2 Å². The minimum absolute atomic E-state index is 0.304. The first-order valence-corrected chi connectivity index (χ1v) is 8.80. The minimum Gasteiger partial charge on any atom is -0.352 e. The van der Waals surface area contributed by atoms with Gasteiger partial charge in [0, 0.05) is 32.3 Å². The van der Waals surface area contributed by atoms with Crippen molar-refractivity contribution in [3.05, 3.63) is 41.9 Å². The molecule has 0 aromatic carbocycles. The van der Waals surface area contributed by atoms with Crippen molar-refractivity contribution in [3.63, 3.8) is 0 Å². The summed E-state index contributed by atoms with van der Waals surface area (Å²) in [6.45, 7) is 1.69. The van der Waals surface area contributed by atoms with E-state index in [4.69, 9.17) is 5.10 Å². The summed E-state index contributed by atoms with van der Waals surface area (Å²) in [5.41, 5.74) is 1.41. The maximum absolute atomic E-state index is 9.27.